The van der Waals surface area contributed by atoms with E-state index in [0.29, 0.717) is 33.8 Å². The highest BCUT2D eigenvalue weighted by Crippen LogP contribution is 2.23. The van der Waals surface area contributed by atoms with E-state index in [1.54, 1.807) is 18.2 Å². The molecule has 0 aliphatic rings. The lowest BCUT2D eigenvalue weighted by molar-refractivity contribution is 1.37. The molecule has 8 N–H and O–H groups in total. The van der Waals surface area contributed by atoms with Gasteiger partial charge >= 0.3 is 0 Å². The number of hydrogen-bond acceptors (Lipinski definition) is 4. The molecule has 416 valence electrons. The van der Waals surface area contributed by atoms with Crippen LogP contribution >= 0.6 is 31.9 Å². The number of anilines is 4. The summed E-state index contributed by atoms with van der Waals surface area (Å²) < 4.78 is 1.94. The third kappa shape index (κ3) is 21.5. The van der Waals surface area contributed by atoms with E-state index < -0.39 is 0 Å². The maximum atomic E-state index is 6.50. The van der Waals surface area contributed by atoms with Crippen LogP contribution in [-0.2, 0) is 0 Å². The Balaban J connectivity index is 0.000000480. The van der Waals surface area contributed by atoms with Gasteiger partial charge in [-0.3, -0.25) is 0 Å². The van der Waals surface area contributed by atoms with Crippen molar-refractivity contribution >= 4 is 70.1 Å². The van der Waals surface area contributed by atoms with E-state index in [2.05, 4.69) is 232 Å². The number of hydrogen-bond donors (Lipinski definition) is 4. The quantitative estimate of drug-likeness (QED) is 0.0690. The first-order valence-corrected chi connectivity index (χ1v) is 28.2. The molecule has 9 aromatic carbocycles. The van der Waals surface area contributed by atoms with Crippen LogP contribution in [0.2, 0.25) is 0 Å². The van der Waals surface area contributed by atoms with Crippen LogP contribution < -0.4 is 22.9 Å². The summed E-state index contributed by atoms with van der Waals surface area (Å²) in [5.74, 6) is 46.6. The van der Waals surface area contributed by atoms with Gasteiger partial charge in [0.1, 0.15) is 0 Å². The summed E-state index contributed by atoms with van der Waals surface area (Å²) in [6.45, 7) is 12.4. The molecule has 4 radical (unpaired) electrons. The molecule has 0 aliphatic carbocycles. The highest BCUT2D eigenvalue weighted by Gasteiger charge is 2.04. The molecule has 0 saturated heterocycles. The van der Waals surface area contributed by atoms with Crippen molar-refractivity contribution in [2.24, 2.45) is 0 Å². The number of nitrogen functional groups attached to an aromatic ring is 4. The van der Waals surface area contributed by atoms with Gasteiger partial charge in [0.25, 0.3) is 0 Å². The van der Waals surface area contributed by atoms with Gasteiger partial charge in [0, 0.05) is 131 Å². The van der Waals surface area contributed by atoms with Crippen molar-refractivity contribution in [3.63, 3.8) is 0 Å². The van der Waals surface area contributed by atoms with E-state index in [1.807, 2.05) is 91.0 Å². The maximum Gasteiger partial charge on any atom is 0.0485 e. The van der Waals surface area contributed by atoms with E-state index in [1.165, 1.54) is 33.4 Å². The van der Waals surface area contributed by atoms with Gasteiger partial charge in [-0.1, -0.05) is 130 Å². The van der Waals surface area contributed by atoms with E-state index in [0.717, 1.165) is 81.4 Å². The first-order valence-electron chi connectivity index (χ1n) is 26.6. The summed E-state index contributed by atoms with van der Waals surface area (Å²) in [6, 6.07) is 52.6. The molecule has 0 saturated carbocycles. The van der Waals surface area contributed by atoms with Crippen molar-refractivity contribution in [3.8, 4) is 108 Å². The van der Waals surface area contributed by atoms with Gasteiger partial charge in [0.2, 0.25) is 0 Å². The molecule has 87 heavy (non-hydrogen) atoms. The van der Waals surface area contributed by atoms with Crippen LogP contribution in [0.25, 0.3) is 0 Å². The molecule has 0 aromatic heterocycles. The Bertz CT molecular complexity index is 4100. The Kier molecular flexibility index (Phi) is 25.4. The van der Waals surface area contributed by atoms with Crippen molar-refractivity contribution in [1.82, 2.24) is 0 Å². The van der Waals surface area contributed by atoms with Gasteiger partial charge in [-0.15, -0.1) is 19.3 Å². The number of benzene rings is 9. The van der Waals surface area contributed by atoms with Gasteiger partial charge < -0.3 is 22.9 Å². The zero-order chi connectivity index (χ0) is 62.3. The molecule has 4 nitrogen and oxygen atoms in total. The number of aryl methyl sites for hydroxylation is 6. The normalized spacial score (nSPS) is 9.21. The Morgan fingerprint density at radius 3 is 0.759 bits per heavy atom. The third-order valence-corrected chi connectivity index (χ3v) is 13.4. The standard InChI is InChI=1S/C60H45N3.C12H6.C6H5Br2N.CH4.B2/c1-40-25-41(2)29-49(28-40)10-7-46-13-19-55(58(61)37-46)22-16-52-34-53(17-23-56-20-14-47(38-59(56)62)8-11-50-30-42(3)26-43(4)31-50)36-54(35-52)18-24-57-21-15-48(39-60(57)63)9-12-51-32-44(5)27-45(6)33-51;1-4-10-7-11(5-2)9-12(6-3)8-10;7-4-1-2-5(8)6(9)3-4;;1-2/h13-15,19-21,25-39H,61-63H2,1-6H3;1-3,7-9H;1-3H,9H2;1H4;. The fraction of sp³-hybridized carbons (Fsp3) is 0.0886. The highest BCUT2D eigenvalue weighted by atomic mass is 79.9. The molecule has 9 aromatic rings. The minimum absolute atomic E-state index is 0. The predicted octanol–water partition coefficient (Wildman–Crippen LogP) is 15.0. The van der Waals surface area contributed by atoms with E-state index in [9.17, 15) is 0 Å². The van der Waals surface area contributed by atoms with Gasteiger partial charge in [-0.25, -0.2) is 0 Å². The molecular weight excluding hydrogens is 1190 g/mol. The number of halogens is 2. The summed E-state index contributed by atoms with van der Waals surface area (Å²) in [7, 11) is 8.00. The van der Waals surface area contributed by atoms with Crippen LogP contribution in [0, 0.1) is 150 Å². The summed E-state index contributed by atoms with van der Waals surface area (Å²) in [4.78, 5) is 0. The second kappa shape index (κ2) is 33.0. The van der Waals surface area contributed by atoms with Crippen LogP contribution in [0.15, 0.2) is 173 Å². The van der Waals surface area contributed by atoms with E-state index in [-0.39, 0.29) is 7.43 Å². The van der Waals surface area contributed by atoms with E-state index >= 15 is 0 Å². The van der Waals surface area contributed by atoms with Crippen LogP contribution in [-0.4, -0.2) is 15.5 Å². The van der Waals surface area contributed by atoms with Gasteiger partial charge in [-0.05, 0) is 236 Å². The molecule has 0 aliphatic heterocycles. The van der Waals surface area contributed by atoms with Crippen LogP contribution in [0.4, 0.5) is 22.7 Å². The van der Waals surface area contributed by atoms with Crippen LogP contribution in [0.1, 0.15) is 124 Å². The molecule has 9 rings (SSSR count). The number of nitrogens with two attached hydrogens (primary N) is 4. The molecule has 8 heteroatoms. The molecule has 0 amide bonds. The fourth-order valence-electron chi connectivity index (χ4n) is 8.49. The Labute approximate surface area is 535 Å². The summed E-state index contributed by atoms with van der Waals surface area (Å²) in [5.41, 5.74) is 46.2. The first kappa shape index (κ1) is 67.1. The molecule has 0 heterocycles. The van der Waals surface area contributed by atoms with E-state index in [4.69, 9.17) is 42.2 Å². The molecule has 0 unspecified atom stereocenters. The zero-order valence-corrected chi connectivity index (χ0v) is 51.7. The van der Waals surface area contributed by atoms with Crippen molar-refractivity contribution in [2.45, 2.75) is 49.0 Å². The molecular formula is C79H60B2Br2N4. The van der Waals surface area contributed by atoms with Gasteiger partial charge in [0.15, 0.2) is 0 Å². The average Bonchev–Trinajstić information content (AvgIpc) is 3.65. The monoisotopic (exact) mass is 1240 g/mol. The minimum atomic E-state index is 0. The number of rotatable bonds is 0. The Hall–Kier alpha value is -10.7. The van der Waals surface area contributed by atoms with Crippen molar-refractivity contribution in [3.05, 3.63) is 290 Å². The smallest absolute Gasteiger partial charge is 0.0485 e. The maximum absolute atomic E-state index is 6.50. The molecule has 0 atom stereocenters. The topological polar surface area (TPSA) is 104 Å². The Morgan fingerprint density at radius 2 is 0.517 bits per heavy atom. The highest BCUT2D eigenvalue weighted by molar-refractivity contribution is 9.11. The zero-order valence-electron chi connectivity index (χ0n) is 48.5. The molecule has 0 bridgehead atoms. The molecule has 0 fully saturated rings. The summed E-state index contributed by atoms with van der Waals surface area (Å²) >= 11 is 6.58. The largest absolute Gasteiger partial charge is 0.398 e. The van der Waals surface area contributed by atoms with Crippen LogP contribution in [0.5, 0.6) is 0 Å². The van der Waals surface area contributed by atoms with Gasteiger partial charge in [0.05, 0.1) is 0 Å². The second-order valence-electron chi connectivity index (χ2n) is 19.7. The summed E-state index contributed by atoms with van der Waals surface area (Å²) in [6.07, 6.45) is 15.6. The van der Waals surface area contributed by atoms with Crippen molar-refractivity contribution < 1.29 is 0 Å². The lowest BCUT2D eigenvalue weighted by Gasteiger charge is -2.02. The van der Waals surface area contributed by atoms with Gasteiger partial charge in [-0.2, -0.15) is 0 Å². The number of terminal acetylenes is 3. The van der Waals surface area contributed by atoms with Crippen molar-refractivity contribution in [1.29, 1.82) is 0 Å². The Morgan fingerprint density at radius 1 is 0.276 bits per heavy atom. The van der Waals surface area contributed by atoms with Crippen LogP contribution in [0.3, 0.4) is 0 Å². The lowest BCUT2D eigenvalue weighted by Crippen LogP contribution is -1.92. The summed E-state index contributed by atoms with van der Waals surface area (Å²) in [5, 5.41) is 0. The second-order valence-corrected chi connectivity index (χ2v) is 21.5. The van der Waals surface area contributed by atoms with Crippen molar-refractivity contribution in [2.75, 3.05) is 22.9 Å². The first-order chi connectivity index (χ1) is 41.3. The predicted molar refractivity (Wildman–Crippen MR) is 377 cm³/mol. The fourth-order valence-corrected chi connectivity index (χ4v) is 9.12. The molecule has 0 spiro atoms. The third-order valence-electron chi connectivity index (χ3n) is 12.2. The SMILES string of the molecule is C.C#Cc1cc(C#C)cc(C#C)c1.Cc1cc(C)cc(C#Cc2ccc(C#Cc3cc(C#Cc4ccc(C#Cc5cc(C)cc(C)c5)cc4N)cc(C#Cc4ccc(C#Cc5cc(C)cc(C)c5)cc4N)c3)c(N)c2)c1.Nc1cc(Br)ccc1Br.[B][B]. The lowest BCUT2D eigenvalue weighted by atomic mass is 9.81. The minimum Gasteiger partial charge on any atom is -0.398 e. The average molecular weight is 1250 g/mol.